The highest BCUT2D eigenvalue weighted by Crippen LogP contribution is 2.22. The van der Waals surface area contributed by atoms with E-state index in [1.165, 1.54) is 0 Å². The summed E-state index contributed by atoms with van der Waals surface area (Å²) in [4.78, 5) is 12.7. The maximum absolute atomic E-state index is 11.4. The Morgan fingerprint density at radius 1 is 1.41 bits per heavy atom. The molecule has 0 spiro atoms. The summed E-state index contributed by atoms with van der Waals surface area (Å²) in [5.74, 6) is -0.324. The third-order valence-electron chi connectivity index (χ3n) is 3.48. The van der Waals surface area contributed by atoms with Crippen molar-refractivity contribution < 1.29 is 18.3 Å². The fraction of sp³-hybridized carbons (Fsp3) is 0.909. The molecule has 100 valence electrons. The largest absolute Gasteiger partial charge is 0.480 e. The molecule has 1 aliphatic rings. The van der Waals surface area contributed by atoms with Crippen LogP contribution < -0.4 is 0 Å². The smallest absolute Gasteiger partial charge is 0.317 e. The van der Waals surface area contributed by atoms with Gasteiger partial charge in [0.25, 0.3) is 0 Å². The average molecular weight is 263 g/mol. The molecule has 0 aliphatic carbocycles. The van der Waals surface area contributed by atoms with Gasteiger partial charge in [-0.3, -0.25) is 9.69 Å². The third-order valence-corrected chi connectivity index (χ3v) is 5.23. The van der Waals surface area contributed by atoms with Gasteiger partial charge in [-0.25, -0.2) is 8.42 Å². The Labute approximate surface area is 103 Å². The van der Waals surface area contributed by atoms with Crippen molar-refractivity contribution >= 4 is 15.8 Å². The molecule has 2 atom stereocenters. The summed E-state index contributed by atoms with van der Waals surface area (Å²) in [6.45, 7) is 5.91. The number of carboxylic acids is 1. The van der Waals surface area contributed by atoms with Gasteiger partial charge in [0, 0.05) is 12.1 Å². The van der Waals surface area contributed by atoms with Gasteiger partial charge >= 0.3 is 5.97 Å². The van der Waals surface area contributed by atoms with E-state index in [0.717, 1.165) is 0 Å². The summed E-state index contributed by atoms with van der Waals surface area (Å²) in [6, 6.07) is -0.0714. The number of hydrogen-bond donors (Lipinski definition) is 1. The quantitative estimate of drug-likeness (QED) is 0.786. The highest BCUT2D eigenvalue weighted by Gasteiger charge is 2.35. The van der Waals surface area contributed by atoms with Crippen LogP contribution in [0.25, 0.3) is 0 Å². The van der Waals surface area contributed by atoms with Crippen LogP contribution in [0.2, 0.25) is 0 Å². The van der Waals surface area contributed by atoms with Crippen molar-refractivity contribution in [3.05, 3.63) is 0 Å². The van der Waals surface area contributed by atoms with Crippen LogP contribution in [0.3, 0.4) is 0 Å². The predicted molar refractivity (Wildman–Crippen MR) is 65.7 cm³/mol. The lowest BCUT2D eigenvalue weighted by Crippen LogP contribution is -2.47. The van der Waals surface area contributed by atoms with E-state index >= 15 is 0 Å². The Balaban J connectivity index is 2.80. The molecule has 1 rings (SSSR count). The highest BCUT2D eigenvalue weighted by molar-refractivity contribution is 7.91. The van der Waals surface area contributed by atoms with Crippen LogP contribution in [0.4, 0.5) is 0 Å². The minimum Gasteiger partial charge on any atom is -0.480 e. The molecule has 0 aromatic carbocycles. The Kier molecular flexibility index (Phi) is 4.55. The second-order valence-corrected chi connectivity index (χ2v) is 7.34. The molecule has 1 N–H and O–H groups in total. The standard InChI is InChI=1S/C11H21NO4S/c1-8(2)9(3)12(6-11(13)14)10-4-5-17(15,16)7-10/h8-10H,4-7H2,1-3H3,(H,13,14). The number of hydrogen-bond acceptors (Lipinski definition) is 4. The van der Waals surface area contributed by atoms with Gasteiger partial charge in [-0.05, 0) is 19.3 Å². The van der Waals surface area contributed by atoms with E-state index in [1.807, 2.05) is 25.7 Å². The third kappa shape index (κ3) is 3.96. The van der Waals surface area contributed by atoms with Crippen molar-refractivity contribution in [3.8, 4) is 0 Å². The Bertz CT molecular complexity index is 377. The number of nitrogens with zero attached hydrogens (tertiary/aromatic N) is 1. The molecule has 1 aliphatic heterocycles. The van der Waals surface area contributed by atoms with Gasteiger partial charge in [-0.2, -0.15) is 0 Å². The van der Waals surface area contributed by atoms with Crippen molar-refractivity contribution in [2.75, 3.05) is 18.1 Å². The number of rotatable bonds is 5. The Hall–Kier alpha value is -0.620. The number of aliphatic carboxylic acids is 1. The van der Waals surface area contributed by atoms with Crippen LogP contribution in [0.15, 0.2) is 0 Å². The van der Waals surface area contributed by atoms with Gasteiger partial charge in [-0.15, -0.1) is 0 Å². The van der Waals surface area contributed by atoms with Gasteiger partial charge in [0.05, 0.1) is 18.1 Å². The average Bonchev–Trinajstić information content (AvgIpc) is 2.53. The monoisotopic (exact) mass is 263 g/mol. The van der Waals surface area contributed by atoms with Crippen molar-refractivity contribution in [3.63, 3.8) is 0 Å². The van der Waals surface area contributed by atoms with Gasteiger partial charge in [0.2, 0.25) is 0 Å². The summed E-state index contributed by atoms with van der Waals surface area (Å²) in [7, 11) is -2.97. The van der Waals surface area contributed by atoms with E-state index in [-0.39, 0.29) is 30.1 Å². The zero-order valence-corrected chi connectivity index (χ0v) is 11.4. The summed E-state index contributed by atoms with van der Waals surface area (Å²) < 4.78 is 22.9. The molecule has 1 saturated heterocycles. The van der Waals surface area contributed by atoms with Crippen LogP contribution in [0.1, 0.15) is 27.2 Å². The molecule has 1 fully saturated rings. The lowest BCUT2D eigenvalue weighted by molar-refractivity contribution is -0.139. The lowest BCUT2D eigenvalue weighted by Gasteiger charge is -2.34. The van der Waals surface area contributed by atoms with Crippen molar-refractivity contribution in [2.45, 2.75) is 39.3 Å². The minimum atomic E-state index is -2.97. The molecule has 0 radical (unpaired) electrons. The molecule has 0 amide bonds. The number of sulfone groups is 1. The van der Waals surface area contributed by atoms with Crippen LogP contribution in [-0.4, -0.2) is 54.5 Å². The molecule has 2 unspecified atom stereocenters. The Morgan fingerprint density at radius 2 is 2.00 bits per heavy atom. The van der Waals surface area contributed by atoms with Crippen LogP contribution >= 0.6 is 0 Å². The van der Waals surface area contributed by atoms with Gasteiger partial charge in [0.15, 0.2) is 9.84 Å². The maximum Gasteiger partial charge on any atom is 0.317 e. The van der Waals surface area contributed by atoms with Gasteiger partial charge in [-0.1, -0.05) is 13.8 Å². The molecule has 0 aromatic heterocycles. The van der Waals surface area contributed by atoms with E-state index in [0.29, 0.717) is 12.3 Å². The molecule has 5 nitrogen and oxygen atoms in total. The fourth-order valence-electron chi connectivity index (χ4n) is 2.18. The zero-order valence-electron chi connectivity index (χ0n) is 10.6. The van der Waals surface area contributed by atoms with E-state index < -0.39 is 15.8 Å². The van der Waals surface area contributed by atoms with Crippen LogP contribution in [0, 0.1) is 5.92 Å². The van der Waals surface area contributed by atoms with Crippen molar-refractivity contribution in [2.24, 2.45) is 5.92 Å². The first-order valence-electron chi connectivity index (χ1n) is 5.91. The topological polar surface area (TPSA) is 74.7 Å². The minimum absolute atomic E-state index is 0.0735. The Morgan fingerprint density at radius 3 is 2.35 bits per heavy atom. The predicted octanol–water partition coefficient (Wildman–Crippen LogP) is 0.605. The van der Waals surface area contributed by atoms with Crippen LogP contribution in [0.5, 0.6) is 0 Å². The second-order valence-electron chi connectivity index (χ2n) is 5.11. The molecule has 0 aromatic rings. The summed E-state index contributed by atoms with van der Waals surface area (Å²) >= 11 is 0. The fourth-order valence-corrected chi connectivity index (χ4v) is 3.92. The molecule has 1 heterocycles. The maximum atomic E-state index is 11.4. The first-order chi connectivity index (χ1) is 7.73. The molecular formula is C11H21NO4S. The first-order valence-corrected chi connectivity index (χ1v) is 7.73. The SMILES string of the molecule is CC(C)C(C)N(CC(=O)O)C1CCS(=O)(=O)C1. The van der Waals surface area contributed by atoms with Crippen LogP contribution in [-0.2, 0) is 14.6 Å². The first kappa shape index (κ1) is 14.4. The molecule has 6 heteroatoms. The molecule has 0 saturated carbocycles. The summed E-state index contributed by atoms with van der Waals surface area (Å²) in [5.41, 5.74) is 0. The van der Waals surface area contributed by atoms with Gasteiger partial charge in [0.1, 0.15) is 0 Å². The zero-order chi connectivity index (χ0) is 13.2. The molecule has 17 heavy (non-hydrogen) atoms. The lowest BCUT2D eigenvalue weighted by atomic mass is 10.0. The molecule has 0 bridgehead atoms. The van der Waals surface area contributed by atoms with E-state index in [4.69, 9.17) is 5.11 Å². The van der Waals surface area contributed by atoms with E-state index in [9.17, 15) is 13.2 Å². The van der Waals surface area contributed by atoms with E-state index in [2.05, 4.69) is 0 Å². The van der Waals surface area contributed by atoms with E-state index in [1.54, 1.807) is 0 Å². The highest BCUT2D eigenvalue weighted by atomic mass is 32.2. The summed E-state index contributed by atoms with van der Waals surface area (Å²) in [6.07, 6.45) is 0.548. The molecular weight excluding hydrogens is 242 g/mol. The van der Waals surface area contributed by atoms with Crippen molar-refractivity contribution in [1.82, 2.24) is 4.90 Å². The normalized spacial score (nSPS) is 25.4. The number of carbonyl (C=O) groups is 1. The van der Waals surface area contributed by atoms with Gasteiger partial charge < -0.3 is 5.11 Å². The number of carboxylic acid groups (broad SMARTS) is 1. The second kappa shape index (κ2) is 5.35. The van der Waals surface area contributed by atoms with Crippen molar-refractivity contribution in [1.29, 1.82) is 0 Å². The summed E-state index contributed by atoms with van der Waals surface area (Å²) in [5, 5.41) is 8.91.